The van der Waals surface area contributed by atoms with Crippen molar-refractivity contribution < 1.29 is 38.6 Å². The number of rotatable bonds is 10. The van der Waals surface area contributed by atoms with Crippen molar-refractivity contribution in [2.24, 2.45) is 0 Å². The van der Waals surface area contributed by atoms with E-state index in [0.29, 0.717) is 59.8 Å². The van der Waals surface area contributed by atoms with Crippen LogP contribution in [0.2, 0.25) is 0 Å². The Hall–Kier alpha value is -4.56. The molecule has 0 aliphatic carbocycles. The molecule has 1 saturated heterocycles. The number of piperazine rings is 1. The van der Waals surface area contributed by atoms with Crippen molar-refractivity contribution >= 4 is 0 Å². The van der Waals surface area contributed by atoms with Crippen LogP contribution in [0.25, 0.3) is 0 Å². The van der Waals surface area contributed by atoms with Crippen LogP contribution in [-0.2, 0) is 25.7 Å². The van der Waals surface area contributed by atoms with Gasteiger partial charge in [0.1, 0.15) is 18.5 Å². The third-order valence-corrected chi connectivity index (χ3v) is 12.4. The quantitative estimate of drug-likeness (QED) is 0.212. The number of hydrogen-bond acceptors (Lipinski definition) is 12. The fourth-order valence-corrected chi connectivity index (χ4v) is 9.09. The average Bonchev–Trinajstić information content (AvgIpc) is 3.23. The number of fused-ring (bicyclic) bond motifs is 2. The lowest BCUT2D eigenvalue weighted by Crippen LogP contribution is -2.49. The van der Waals surface area contributed by atoms with E-state index in [4.69, 9.17) is 28.4 Å². The first kappa shape index (κ1) is 40.2. The number of aliphatic hydroxyl groups excluding tert-OH is 2. The van der Waals surface area contributed by atoms with Crippen LogP contribution < -0.4 is 28.4 Å². The fourth-order valence-electron chi connectivity index (χ4n) is 9.09. The van der Waals surface area contributed by atoms with Crippen LogP contribution >= 0.6 is 0 Å². The third kappa shape index (κ3) is 8.45. The topological polar surface area (TPSA) is 109 Å². The van der Waals surface area contributed by atoms with Gasteiger partial charge in [-0.1, -0.05) is 18.2 Å². The molecule has 12 heteroatoms. The van der Waals surface area contributed by atoms with Gasteiger partial charge >= 0.3 is 0 Å². The van der Waals surface area contributed by atoms with E-state index >= 15 is 0 Å². The SMILES string of the molecule is COc1ccc2cc1Oc1ccc(cc1)CC1c3cc(c(OC)cc3CCN1C)Oc1c(OCC(O)CN3CCN(CCO)CC3)c(OC)cc3c1C(C2)N(C)CC3. The second-order valence-electron chi connectivity index (χ2n) is 16.1. The van der Waals surface area contributed by atoms with Gasteiger partial charge in [0.05, 0.1) is 27.9 Å². The summed E-state index contributed by atoms with van der Waals surface area (Å²) >= 11 is 0. The van der Waals surface area contributed by atoms with Crippen molar-refractivity contribution in [3.8, 4) is 46.0 Å². The minimum Gasteiger partial charge on any atom is -0.493 e. The Morgan fingerprint density at radius 1 is 0.690 bits per heavy atom. The smallest absolute Gasteiger partial charge is 0.204 e. The molecular weight excluding hydrogens is 737 g/mol. The molecule has 6 bridgehead atoms. The molecule has 0 radical (unpaired) electrons. The van der Waals surface area contributed by atoms with Gasteiger partial charge in [-0.2, -0.15) is 0 Å². The van der Waals surface area contributed by atoms with Gasteiger partial charge in [0, 0.05) is 70.0 Å². The Morgan fingerprint density at radius 2 is 1.33 bits per heavy atom. The predicted molar refractivity (Wildman–Crippen MR) is 223 cm³/mol. The molecule has 0 aromatic heterocycles. The fraction of sp³-hybridized carbons (Fsp3) is 0.478. The van der Waals surface area contributed by atoms with Crippen molar-refractivity contribution in [3.63, 3.8) is 0 Å². The molecule has 0 saturated carbocycles. The van der Waals surface area contributed by atoms with Crippen LogP contribution in [0.4, 0.5) is 0 Å². The van der Waals surface area contributed by atoms with Gasteiger partial charge in [-0.05, 0) is 110 Å². The number of methoxy groups -OCH3 is 3. The second kappa shape index (κ2) is 17.7. The molecule has 5 heterocycles. The minimum absolute atomic E-state index is 0.0503. The zero-order valence-corrected chi connectivity index (χ0v) is 34.5. The van der Waals surface area contributed by atoms with Gasteiger partial charge in [-0.3, -0.25) is 19.6 Å². The summed E-state index contributed by atoms with van der Waals surface area (Å²) in [7, 11) is 9.36. The molecule has 2 N–H and O–H groups in total. The van der Waals surface area contributed by atoms with E-state index in [2.05, 4.69) is 76.2 Å². The van der Waals surface area contributed by atoms with Gasteiger partial charge in [0.2, 0.25) is 5.75 Å². The summed E-state index contributed by atoms with van der Waals surface area (Å²) in [5.41, 5.74) is 6.86. The molecule has 4 aromatic carbocycles. The lowest BCUT2D eigenvalue weighted by Gasteiger charge is -2.38. The van der Waals surface area contributed by atoms with E-state index in [1.807, 2.05) is 18.2 Å². The molecule has 4 aromatic rings. The highest BCUT2D eigenvalue weighted by Gasteiger charge is 2.35. The maximum Gasteiger partial charge on any atom is 0.204 e. The van der Waals surface area contributed by atoms with E-state index in [9.17, 15) is 10.2 Å². The van der Waals surface area contributed by atoms with Crippen LogP contribution in [-0.4, -0.2) is 137 Å². The Balaban J connectivity index is 1.24. The molecule has 9 rings (SSSR count). The number of aliphatic hydroxyl groups is 2. The first-order valence-electron chi connectivity index (χ1n) is 20.6. The highest BCUT2D eigenvalue weighted by Crippen LogP contribution is 2.52. The lowest BCUT2D eigenvalue weighted by atomic mass is 9.87. The molecule has 58 heavy (non-hydrogen) atoms. The molecule has 12 nitrogen and oxygen atoms in total. The number of nitrogens with zero attached hydrogens (tertiary/aromatic N) is 4. The summed E-state index contributed by atoms with van der Waals surface area (Å²) in [6.45, 7) is 6.46. The molecule has 5 aliphatic heterocycles. The highest BCUT2D eigenvalue weighted by molar-refractivity contribution is 5.64. The van der Waals surface area contributed by atoms with Crippen LogP contribution in [0.5, 0.6) is 46.0 Å². The third-order valence-electron chi connectivity index (χ3n) is 12.4. The predicted octanol–water partition coefficient (Wildman–Crippen LogP) is 5.50. The molecule has 1 fully saturated rings. The summed E-state index contributed by atoms with van der Waals surface area (Å²) in [6, 6.07) is 20.9. The Kier molecular flexibility index (Phi) is 12.3. The highest BCUT2D eigenvalue weighted by atomic mass is 16.6. The van der Waals surface area contributed by atoms with Gasteiger partial charge in [0.15, 0.2) is 34.5 Å². The van der Waals surface area contributed by atoms with Gasteiger partial charge in [-0.15, -0.1) is 0 Å². The zero-order chi connectivity index (χ0) is 40.3. The summed E-state index contributed by atoms with van der Waals surface area (Å²) in [5, 5.41) is 20.8. The van der Waals surface area contributed by atoms with Gasteiger partial charge in [0.25, 0.3) is 0 Å². The maximum absolute atomic E-state index is 11.4. The molecule has 0 spiro atoms. The normalized spacial score (nSPS) is 20.5. The van der Waals surface area contributed by atoms with E-state index in [1.165, 1.54) is 16.7 Å². The average molecular weight is 795 g/mol. The summed E-state index contributed by atoms with van der Waals surface area (Å²) in [4.78, 5) is 9.28. The van der Waals surface area contributed by atoms with E-state index < -0.39 is 6.10 Å². The zero-order valence-electron chi connectivity index (χ0n) is 34.5. The number of β-amino-alcohol motifs (C(OH)–C–C–N with tert-alkyl or cyclic N) is 2. The minimum atomic E-state index is -0.754. The Labute approximate surface area is 342 Å². The molecule has 3 atom stereocenters. The van der Waals surface area contributed by atoms with Gasteiger partial charge in [-0.25, -0.2) is 0 Å². The number of ether oxygens (including phenoxy) is 6. The van der Waals surface area contributed by atoms with Gasteiger partial charge < -0.3 is 38.6 Å². The first-order valence-corrected chi connectivity index (χ1v) is 20.6. The number of likely N-dealkylation sites (N-methyl/N-ethyl adjacent to an activating group) is 2. The van der Waals surface area contributed by atoms with Crippen molar-refractivity contribution in [1.29, 1.82) is 0 Å². The number of hydrogen-bond donors (Lipinski definition) is 2. The molecule has 0 amide bonds. The van der Waals surface area contributed by atoms with Crippen molar-refractivity contribution in [3.05, 3.63) is 94.0 Å². The van der Waals surface area contributed by atoms with E-state index in [0.717, 1.165) is 81.0 Å². The summed E-state index contributed by atoms with van der Waals surface area (Å²) in [5.74, 6) is 4.90. The van der Waals surface area contributed by atoms with E-state index in [-0.39, 0.29) is 25.3 Å². The summed E-state index contributed by atoms with van der Waals surface area (Å²) in [6.07, 6.45) is 2.40. The van der Waals surface area contributed by atoms with Crippen LogP contribution in [0.15, 0.2) is 60.7 Å². The maximum atomic E-state index is 11.4. The Bertz CT molecular complexity index is 2050. The monoisotopic (exact) mass is 794 g/mol. The molecule has 3 unspecified atom stereocenters. The standard InChI is InChI=1S/C46H58N4O8/c1-47-14-12-32-25-40(54-4)42-27-36(32)37(47)22-30-6-9-35(10-7-30)57-41-24-31(8-11-39(41)53-3)23-38-44-33(13-15-48(38)2)26-43(55-5)45(46(44)58-42)56-29-34(52)28-50-18-16-49(17-19-50)20-21-51/h6-11,24-27,34,37-38,51-52H,12-23,28-29H2,1-5H3. The van der Waals surface area contributed by atoms with Crippen molar-refractivity contribution in [2.45, 2.75) is 43.9 Å². The van der Waals surface area contributed by atoms with Crippen molar-refractivity contribution in [1.82, 2.24) is 19.6 Å². The molecule has 5 aliphatic rings. The lowest BCUT2D eigenvalue weighted by molar-refractivity contribution is 0.0417. The Morgan fingerprint density at radius 3 is 2.05 bits per heavy atom. The van der Waals surface area contributed by atoms with E-state index in [1.54, 1.807) is 21.3 Å². The summed E-state index contributed by atoms with van der Waals surface area (Å²) < 4.78 is 38.4. The second-order valence-corrected chi connectivity index (χ2v) is 16.1. The van der Waals surface area contributed by atoms with Crippen LogP contribution in [0, 0.1) is 0 Å². The molecular formula is C46H58N4O8. The first-order chi connectivity index (χ1) is 28.2. The molecule has 310 valence electrons. The van der Waals surface area contributed by atoms with Crippen LogP contribution in [0.1, 0.15) is 45.5 Å². The number of benzene rings is 4. The van der Waals surface area contributed by atoms with Crippen LogP contribution in [0.3, 0.4) is 0 Å². The van der Waals surface area contributed by atoms with Crippen molar-refractivity contribution in [2.75, 3.05) is 101 Å². The largest absolute Gasteiger partial charge is 0.493 e.